The van der Waals surface area contributed by atoms with Crippen molar-refractivity contribution in [1.29, 1.82) is 0 Å². The second kappa shape index (κ2) is 5.56. The number of nitrogens with two attached hydrogens (primary N) is 1. The highest BCUT2D eigenvalue weighted by Crippen LogP contribution is 2.27. The largest absolute Gasteiger partial charge is 0.323 e. The molecular weight excluding hydrogens is 340 g/mol. The number of nitrogens with one attached hydrogen (secondary N) is 1. The first kappa shape index (κ1) is 17.9. The van der Waals surface area contributed by atoms with Crippen LogP contribution in [-0.4, -0.2) is 33.7 Å². The number of primary sulfonamides is 1. The lowest BCUT2D eigenvalue weighted by Gasteiger charge is -2.22. The van der Waals surface area contributed by atoms with Gasteiger partial charge >= 0.3 is 0 Å². The molecule has 1 rings (SSSR count). The van der Waals surface area contributed by atoms with E-state index in [-0.39, 0.29) is 15.6 Å². The molecule has 0 bridgehead atoms. The van der Waals surface area contributed by atoms with E-state index in [4.69, 9.17) is 16.7 Å². The molecule has 0 saturated heterocycles. The van der Waals surface area contributed by atoms with Gasteiger partial charge < -0.3 is 5.32 Å². The topological polar surface area (TPSA) is 123 Å². The smallest absolute Gasteiger partial charge is 0.245 e. The van der Waals surface area contributed by atoms with Crippen LogP contribution in [0.5, 0.6) is 0 Å². The summed E-state index contributed by atoms with van der Waals surface area (Å²) in [6, 6.07) is 3.48. The van der Waals surface area contributed by atoms with Crippen LogP contribution in [0.15, 0.2) is 23.1 Å². The van der Waals surface area contributed by atoms with E-state index in [2.05, 4.69) is 5.32 Å². The Hall–Kier alpha value is -1.16. The summed E-state index contributed by atoms with van der Waals surface area (Å²) in [5.74, 6) is -0.835. The van der Waals surface area contributed by atoms with Gasteiger partial charge in [-0.05, 0) is 32.0 Å². The molecule has 10 heteroatoms. The summed E-state index contributed by atoms with van der Waals surface area (Å²) in [5.41, 5.74) is -0.0371. The van der Waals surface area contributed by atoms with Crippen molar-refractivity contribution in [3.63, 3.8) is 0 Å². The van der Waals surface area contributed by atoms with Crippen LogP contribution in [0.3, 0.4) is 0 Å². The fraction of sp³-hybridized carbons (Fsp3) is 0.364. The van der Waals surface area contributed by atoms with E-state index in [0.29, 0.717) is 0 Å². The lowest BCUT2D eigenvalue weighted by molar-refractivity contribution is -0.117. The lowest BCUT2D eigenvalue weighted by atomic mass is 10.2. The van der Waals surface area contributed by atoms with Crippen molar-refractivity contribution in [2.24, 2.45) is 5.14 Å². The third-order valence-corrected chi connectivity index (χ3v) is 6.27. The molecule has 0 aliphatic rings. The van der Waals surface area contributed by atoms with Crippen LogP contribution in [-0.2, 0) is 24.7 Å². The van der Waals surface area contributed by atoms with Crippen molar-refractivity contribution in [3.8, 4) is 0 Å². The van der Waals surface area contributed by atoms with Gasteiger partial charge in [0.15, 0.2) is 9.84 Å². The van der Waals surface area contributed by atoms with Crippen molar-refractivity contribution in [3.05, 3.63) is 23.2 Å². The third-order valence-electron chi connectivity index (χ3n) is 2.99. The van der Waals surface area contributed by atoms with Gasteiger partial charge in [0, 0.05) is 6.26 Å². The Bertz CT molecular complexity index is 785. The van der Waals surface area contributed by atoms with Crippen LogP contribution in [0.2, 0.25) is 5.02 Å². The summed E-state index contributed by atoms with van der Waals surface area (Å²) in [4.78, 5) is 11.8. The molecule has 0 aromatic heterocycles. The number of carbonyl (C=O) groups is 1. The summed E-state index contributed by atoms with van der Waals surface area (Å²) in [5, 5.41) is 7.34. The number of amides is 1. The minimum absolute atomic E-state index is 0.0371. The van der Waals surface area contributed by atoms with Crippen LogP contribution in [0.4, 0.5) is 5.69 Å². The zero-order valence-electron chi connectivity index (χ0n) is 11.5. The highest BCUT2D eigenvalue weighted by molar-refractivity contribution is 7.92. The van der Waals surface area contributed by atoms with Gasteiger partial charge in [-0.2, -0.15) is 0 Å². The maximum atomic E-state index is 12.1. The number of carbonyl (C=O) groups excluding carboxylic acids is 1. The zero-order valence-corrected chi connectivity index (χ0v) is 13.9. The third kappa shape index (κ3) is 3.94. The van der Waals surface area contributed by atoms with Crippen LogP contribution < -0.4 is 10.5 Å². The average Bonchev–Trinajstić information content (AvgIpc) is 2.28. The molecule has 7 nitrogen and oxygen atoms in total. The summed E-state index contributed by atoms with van der Waals surface area (Å²) < 4.78 is 44.0. The van der Waals surface area contributed by atoms with E-state index in [1.165, 1.54) is 26.0 Å². The Morgan fingerprint density at radius 3 is 2.19 bits per heavy atom. The van der Waals surface area contributed by atoms with Gasteiger partial charge in [0.25, 0.3) is 0 Å². The van der Waals surface area contributed by atoms with Crippen molar-refractivity contribution < 1.29 is 21.6 Å². The maximum Gasteiger partial charge on any atom is 0.245 e. The maximum absolute atomic E-state index is 12.1. The highest BCUT2D eigenvalue weighted by atomic mass is 35.5. The summed E-state index contributed by atoms with van der Waals surface area (Å²) in [6.45, 7) is 2.46. The van der Waals surface area contributed by atoms with Crippen molar-refractivity contribution in [2.75, 3.05) is 11.6 Å². The predicted molar refractivity (Wildman–Crippen MR) is 80.4 cm³/mol. The van der Waals surface area contributed by atoms with Crippen LogP contribution in [0.25, 0.3) is 0 Å². The molecule has 0 aliphatic carbocycles. The second-order valence-electron chi connectivity index (χ2n) is 4.92. The average molecular weight is 355 g/mol. The molecule has 0 spiro atoms. The predicted octanol–water partition coefficient (Wildman–Crippen LogP) is 0.749. The number of hydrogen-bond donors (Lipinski definition) is 2. The summed E-state index contributed by atoms with van der Waals surface area (Å²) in [6.07, 6.45) is 0.926. The number of benzene rings is 1. The Balaban J connectivity index is 3.24. The minimum atomic E-state index is -3.97. The number of rotatable bonds is 4. The molecule has 0 radical (unpaired) electrons. The first-order chi connectivity index (χ1) is 9.26. The van der Waals surface area contributed by atoms with Crippen molar-refractivity contribution in [2.45, 2.75) is 23.5 Å². The first-order valence-electron chi connectivity index (χ1n) is 5.60. The SMILES string of the molecule is CC(C)(C(=O)Nc1cc(S(N)(=O)=O)ccc1Cl)S(C)(=O)=O. The van der Waals surface area contributed by atoms with Crippen molar-refractivity contribution >= 4 is 43.1 Å². The molecule has 0 unspecified atom stereocenters. The quantitative estimate of drug-likeness (QED) is 0.825. The Labute approximate surface area is 128 Å². The molecule has 118 valence electrons. The number of anilines is 1. The van der Waals surface area contributed by atoms with Gasteiger partial charge in [-0.25, -0.2) is 22.0 Å². The number of sulfonamides is 1. The molecule has 0 aliphatic heterocycles. The van der Waals surface area contributed by atoms with E-state index in [0.717, 1.165) is 12.3 Å². The number of halogens is 1. The Kier molecular flexibility index (Phi) is 4.74. The van der Waals surface area contributed by atoms with Gasteiger partial charge in [-0.3, -0.25) is 4.79 Å². The van der Waals surface area contributed by atoms with Gasteiger partial charge in [0.1, 0.15) is 4.75 Å². The van der Waals surface area contributed by atoms with Crippen molar-refractivity contribution in [1.82, 2.24) is 0 Å². The molecule has 1 aromatic rings. The molecule has 1 aromatic carbocycles. The normalized spacial score (nSPS) is 13.0. The lowest BCUT2D eigenvalue weighted by Crippen LogP contribution is -2.43. The number of sulfone groups is 1. The molecule has 0 fully saturated rings. The molecule has 3 N–H and O–H groups in total. The number of hydrogen-bond acceptors (Lipinski definition) is 5. The standard InChI is InChI=1S/C11H15ClN2O5S2/c1-11(2,20(3,16)17)10(15)14-9-6-7(21(13,18)19)4-5-8(9)12/h4-6H,1-3H3,(H,14,15)(H2,13,18,19). The van der Waals surface area contributed by atoms with E-state index in [9.17, 15) is 21.6 Å². The van der Waals surface area contributed by atoms with E-state index >= 15 is 0 Å². The highest BCUT2D eigenvalue weighted by Gasteiger charge is 2.38. The summed E-state index contributed by atoms with van der Waals surface area (Å²) in [7, 11) is -7.64. The molecule has 1 amide bonds. The molecule has 21 heavy (non-hydrogen) atoms. The van der Waals surface area contributed by atoms with Gasteiger partial charge in [-0.15, -0.1) is 0 Å². The zero-order chi connectivity index (χ0) is 16.6. The molecule has 0 atom stereocenters. The fourth-order valence-electron chi connectivity index (χ4n) is 1.22. The van der Waals surface area contributed by atoms with Crippen LogP contribution in [0, 0.1) is 0 Å². The Morgan fingerprint density at radius 2 is 1.76 bits per heavy atom. The first-order valence-corrected chi connectivity index (χ1v) is 9.42. The second-order valence-corrected chi connectivity index (χ2v) is 9.46. The van der Waals surface area contributed by atoms with E-state index in [1.54, 1.807) is 0 Å². The minimum Gasteiger partial charge on any atom is -0.323 e. The molecular formula is C11H15ClN2O5S2. The van der Waals surface area contributed by atoms with Gasteiger partial charge in [-0.1, -0.05) is 11.6 Å². The van der Waals surface area contributed by atoms with Gasteiger partial charge in [0.05, 0.1) is 15.6 Å². The summed E-state index contributed by atoms with van der Waals surface area (Å²) >= 11 is 5.85. The van der Waals surface area contributed by atoms with Crippen LogP contribution >= 0.6 is 11.6 Å². The van der Waals surface area contributed by atoms with E-state index < -0.39 is 30.5 Å². The van der Waals surface area contributed by atoms with Crippen LogP contribution in [0.1, 0.15) is 13.8 Å². The molecule has 0 heterocycles. The van der Waals surface area contributed by atoms with Gasteiger partial charge in [0.2, 0.25) is 15.9 Å². The molecule has 0 saturated carbocycles. The monoisotopic (exact) mass is 354 g/mol. The van der Waals surface area contributed by atoms with E-state index in [1.807, 2.05) is 0 Å². The fourth-order valence-corrected chi connectivity index (χ4v) is 2.31. The Morgan fingerprint density at radius 1 is 1.24 bits per heavy atom.